The van der Waals surface area contributed by atoms with Gasteiger partial charge in [0.15, 0.2) is 0 Å². The van der Waals surface area contributed by atoms with Crippen LogP contribution in [0.3, 0.4) is 0 Å². The molecule has 1 amide bonds. The quantitative estimate of drug-likeness (QED) is 0.775. The number of benzene rings is 1. The second kappa shape index (κ2) is 7.66. The molecule has 2 N–H and O–H groups in total. The first-order chi connectivity index (χ1) is 8.08. The number of halogens is 1. The van der Waals surface area contributed by atoms with E-state index in [0.717, 1.165) is 13.1 Å². The van der Waals surface area contributed by atoms with Gasteiger partial charge in [0.05, 0.1) is 6.54 Å². The number of hydrogen-bond acceptors (Lipinski definition) is 2. The Morgan fingerprint density at radius 2 is 1.94 bits per heavy atom. The SMILES string of the molecule is CC(C)CNC(=O)CNCc1ccc(I)cc1. The van der Waals surface area contributed by atoms with Gasteiger partial charge in [0, 0.05) is 16.7 Å². The van der Waals surface area contributed by atoms with Gasteiger partial charge in [-0.3, -0.25) is 4.79 Å². The second-order valence-electron chi connectivity index (χ2n) is 4.43. The zero-order valence-electron chi connectivity index (χ0n) is 10.3. The van der Waals surface area contributed by atoms with Crippen molar-refractivity contribution in [3.05, 3.63) is 33.4 Å². The van der Waals surface area contributed by atoms with Gasteiger partial charge in [-0.2, -0.15) is 0 Å². The Morgan fingerprint density at radius 1 is 1.29 bits per heavy atom. The van der Waals surface area contributed by atoms with Crippen LogP contribution in [0.5, 0.6) is 0 Å². The van der Waals surface area contributed by atoms with Crippen LogP contribution < -0.4 is 10.6 Å². The molecule has 0 heterocycles. The highest BCUT2D eigenvalue weighted by Crippen LogP contribution is 2.06. The van der Waals surface area contributed by atoms with Gasteiger partial charge in [-0.15, -0.1) is 0 Å². The monoisotopic (exact) mass is 346 g/mol. The van der Waals surface area contributed by atoms with Crippen LogP contribution in [0.15, 0.2) is 24.3 Å². The summed E-state index contributed by atoms with van der Waals surface area (Å²) in [5, 5.41) is 6.00. The van der Waals surface area contributed by atoms with Crippen LogP contribution in [0.4, 0.5) is 0 Å². The first-order valence-corrected chi connectivity index (χ1v) is 6.87. The summed E-state index contributed by atoms with van der Waals surface area (Å²) in [4.78, 5) is 11.4. The van der Waals surface area contributed by atoms with Crippen molar-refractivity contribution < 1.29 is 4.79 Å². The van der Waals surface area contributed by atoms with E-state index in [0.29, 0.717) is 12.5 Å². The van der Waals surface area contributed by atoms with E-state index in [2.05, 4.69) is 71.3 Å². The maximum absolute atomic E-state index is 11.4. The van der Waals surface area contributed by atoms with Crippen LogP contribution in [-0.2, 0) is 11.3 Å². The van der Waals surface area contributed by atoms with Crippen LogP contribution in [0.25, 0.3) is 0 Å². The lowest BCUT2D eigenvalue weighted by Crippen LogP contribution is -2.35. The van der Waals surface area contributed by atoms with Crippen molar-refractivity contribution in [1.29, 1.82) is 0 Å². The fraction of sp³-hybridized carbons (Fsp3) is 0.462. The summed E-state index contributed by atoms with van der Waals surface area (Å²) < 4.78 is 1.22. The molecule has 0 aliphatic rings. The normalized spacial score (nSPS) is 10.6. The second-order valence-corrected chi connectivity index (χ2v) is 5.67. The zero-order valence-corrected chi connectivity index (χ0v) is 12.5. The zero-order chi connectivity index (χ0) is 12.7. The average molecular weight is 346 g/mol. The van der Waals surface area contributed by atoms with E-state index in [1.807, 2.05) is 0 Å². The predicted molar refractivity (Wildman–Crippen MR) is 78.7 cm³/mol. The summed E-state index contributed by atoms with van der Waals surface area (Å²) in [5.41, 5.74) is 1.20. The molecule has 0 aliphatic heterocycles. The maximum atomic E-state index is 11.4. The molecule has 0 saturated carbocycles. The molecule has 0 aliphatic carbocycles. The minimum absolute atomic E-state index is 0.0595. The standard InChI is InChI=1S/C13H19IN2O/c1-10(2)7-16-13(17)9-15-8-11-3-5-12(14)6-4-11/h3-6,10,15H,7-9H2,1-2H3,(H,16,17). The lowest BCUT2D eigenvalue weighted by Gasteiger charge is -2.08. The lowest BCUT2D eigenvalue weighted by molar-refractivity contribution is -0.120. The highest BCUT2D eigenvalue weighted by Gasteiger charge is 2.01. The number of rotatable bonds is 6. The summed E-state index contributed by atoms with van der Waals surface area (Å²) in [6, 6.07) is 8.27. The molecule has 1 rings (SSSR count). The highest BCUT2D eigenvalue weighted by atomic mass is 127. The van der Waals surface area contributed by atoms with Gasteiger partial charge in [0.1, 0.15) is 0 Å². The lowest BCUT2D eigenvalue weighted by atomic mass is 10.2. The van der Waals surface area contributed by atoms with Crippen molar-refractivity contribution >= 4 is 28.5 Å². The number of carbonyl (C=O) groups excluding carboxylic acids is 1. The van der Waals surface area contributed by atoms with Gasteiger partial charge in [0.25, 0.3) is 0 Å². The number of hydrogen-bond donors (Lipinski definition) is 2. The smallest absolute Gasteiger partial charge is 0.233 e. The third-order valence-electron chi connectivity index (χ3n) is 2.24. The summed E-state index contributed by atoms with van der Waals surface area (Å²) in [7, 11) is 0. The molecule has 0 spiro atoms. The Labute approximate surface area is 117 Å². The Balaban J connectivity index is 2.19. The molecule has 0 bridgehead atoms. The molecule has 0 unspecified atom stereocenters. The molecular weight excluding hydrogens is 327 g/mol. The molecule has 1 aromatic rings. The molecule has 0 saturated heterocycles. The molecule has 1 aromatic carbocycles. The van der Waals surface area contributed by atoms with Crippen molar-refractivity contribution in [2.75, 3.05) is 13.1 Å². The van der Waals surface area contributed by atoms with E-state index in [-0.39, 0.29) is 5.91 Å². The van der Waals surface area contributed by atoms with Gasteiger partial charge in [-0.05, 0) is 46.2 Å². The van der Waals surface area contributed by atoms with Gasteiger partial charge >= 0.3 is 0 Å². The van der Waals surface area contributed by atoms with Crippen molar-refractivity contribution in [1.82, 2.24) is 10.6 Å². The average Bonchev–Trinajstić information content (AvgIpc) is 2.29. The van der Waals surface area contributed by atoms with Crippen LogP contribution in [0.1, 0.15) is 19.4 Å². The van der Waals surface area contributed by atoms with E-state index < -0.39 is 0 Å². The van der Waals surface area contributed by atoms with Gasteiger partial charge < -0.3 is 10.6 Å². The van der Waals surface area contributed by atoms with E-state index in [1.165, 1.54) is 9.13 Å². The topological polar surface area (TPSA) is 41.1 Å². The van der Waals surface area contributed by atoms with Gasteiger partial charge in [-0.1, -0.05) is 26.0 Å². The molecular formula is C13H19IN2O. The van der Waals surface area contributed by atoms with Crippen LogP contribution in [-0.4, -0.2) is 19.0 Å². The summed E-state index contributed by atoms with van der Waals surface area (Å²) in [6.07, 6.45) is 0. The maximum Gasteiger partial charge on any atom is 0.233 e. The Kier molecular flexibility index (Phi) is 6.50. The minimum atomic E-state index is 0.0595. The number of amides is 1. The molecule has 17 heavy (non-hydrogen) atoms. The molecule has 0 fully saturated rings. The number of nitrogens with one attached hydrogen (secondary N) is 2. The van der Waals surface area contributed by atoms with E-state index >= 15 is 0 Å². The van der Waals surface area contributed by atoms with Crippen molar-refractivity contribution in [3.63, 3.8) is 0 Å². The van der Waals surface area contributed by atoms with E-state index in [9.17, 15) is 4.79 Å². The van der Waals surface area contributed by atoms with Gasteiger partial charge in [-0.25, -0.2) is 0 Å². The fourth-order valence-corrected chi connectivity index (χ4v) is 1.66. The largest absolute Gasteiger partial charge is 0.355 e. The summed E-state index contributed by atoms with van der Waals surface area (Å²) in [5.74, 6) is 0.555. The first-order valence-electron chi connectivity index (χ1n) is 5.80. The van der Waals surface area contributed by atoms with Crippen molar-refractivity contribution in [2.45, 2.75) is 20.4 Å². The Morgan fingerprint density at radius 3 is 2.53 bits per heavy atom. The Bertz CT molecular complexity index is 349. The predicted octanol–water partition coefficient (Wildman–Crippen LogP) is 2.15. The summed E-state index contributed by atoms with van der Waals surface area (Å²) >= 11 is 2.28. The van der Waals surface area contributed by atoms with Crippen LogP contribution in [0, 0.1) is 9.49 Å². The summed E-state index contributed by atoms with van der Waals surface area (Å²) in [6.45, 7) is 6.01. The van der Waals surface area contributed by atoms with Crippen LogP contribution in [0.2, 0.25) is 0 Å². The van der Waals surface area contributed by atoms with E-state index in [1.54, 1.807) is 0 Å². The van der Waals surface area contributed by atoms with Gasteiger partial charge in [0.2, 0.25) is 5.91 Å². The van der Waals surface area contributed by atoms with E-state index in [4.69, 9.17) is 0 Å². The minimum Gasteiger partial charge on any atom is -0.355 e. The first kappa shape index (κ1) is 14.4. The molecule has 94 valence electrons. The molecule has 3 nitrogen and oxygen atoms in total. The highest BCUT2D eigenvalue weighted by molar-refractivity contribution is 14.1. The van der Waals surface area contributed by atoms with Crippen molar-refractivity contribution in [3.8, 4) is 0 Å². The third kappa shape index (κ3) is 6.63. The molecule has 0 aromatic heterocycles. The van der Waals surface area contributed by atoms with Crippen molar-refractivity contribution in [2.24, 2.45) is 5.92 Å². The Hall–Kier alpha value is -0.620. The third-order valence-corrected chi connectivity index (χ3v) is 2.95. The number of carbonyl (C=O) groups is 1. The molecule has 0 radical (unpaired) electrons. The van der Waals surface area contributed by atoms with Crippen LogP contribution >= 0.6 is 22.6 Å². The molecule has 4 heteroatoms. The molecule has 0 atom stereocenters. The fourth-order valence-electron chi connectivity index (χ4n) is 1.30.